The molecule has 0 aliphatic carbocycles. The Morgan fingerprint density at radius 1 is 1.53 bits per heavy atom. The van der Waals surface area contributed by atoms with Gasteiger partial charge >= 0.3 is 5.97 Å². The predicted octanol–water partition coefficient (Wildman–Crippen LogP) is 0.844. The first-order valence-corrected chi connectivity index (χ1v) is 5.18. The van der Waals surface area contributed by atoms with Crippen LogP contribution in [0, 0.1) is 0 Å². The third-order valence-electron chi connectivity index (χ3n) is 2.06. The highest BCUT2D eigenvalue weighted by Gasteiger charge is 2.36. The summed E-state index contributed by atoms with van der Waals surface area (Å²) in [7, 11) is 0. The molecule has 0 heterocycles. The lowest BCUT2D eigenvalue weighted by molar-refractivity contribution is -0.140. The maximum atomic E-state index is 13.4. The van der Waals surface area contributed by atoms with Crippen LogP contribution in [0.3, 0.4) is 0 Å². The zero-order chi connectivity index (χ0) is 13.6. The third-order valence-corrected chi connectivity index (χ3v) is 2.20. The van der Waals surface area contributed by atoms with Gasteiger partial charge < -0.3 is 15.8 Å². The number of nitrogens with two attached hydrogens (primary N) is 2. The molecule has 0 bridgehead atoms. The van der Waals surface area contributed by atoms with Gasteiger partial charge in [0, 0.05) is 6.42 Å². The number of nitrogens with zero attached hydrogens (tertiary/aromatic N) is 1. The van der Waals surface area contributed by atoms with Crippen LogP contribution in [0.15, 0.2) is 4.99 Å². The second kappa shape index (κ2) is 6.70. The van der Waals surface area contributed by atoms with Gasteiger partial charge in [-0.1, -0.05) is 0 Å². The number of hydrogen-bond acceptors (Lipinski definition) is 4. The van der Waals surface area contributed by atoms with Crippen LogP contribution in [0.4, 0.5) is 8.78 Å². The standard InChI is InChI=1S/C9H16ClF2N3O2/c1-5(13)15-4-7(12)6(11)3-9(2,14)8(16)17-10/h6-7H,3-4,14H2,1-2H3,(H2,13,15)/t6-,7-,9-/m0/s1. The van der Waals surface area contributed by atoms with Crippen molar-refractivity contribution in [2.75, 3.05) is 6.54 Å². The lowest BCUT2D eigenvalue weighted by atomic mass is 9.94. The molecule has 0 unspecified atom stereocenters. The summed E-state index contributed by atoms with van der Waals surface area (Å²) >= 11 is 4.82. The van der Waals surface area contributed by atoms with Crippen molar-refractivity contribution in [3.63, 3.8) is 0 Å². The maximum Gasteiger partial charge on any atom is 0.344 e. The van der Waals surface area contributed by atoms with Crippen molar-refractivity contribution in [1.82, 2.24) is 0 Å². The van der Waals surface area contributed by atoms with Gasteiger partial charge in [-0.05, 0) is 13.8 Å². The largest absolute Gasteiger partial charge is 0.388 e. The van der Waals surface area contributed by atoms with E-state index in [1.165, 1.54) is 13.8 Å². The molecule has 8 heteroatoms. The number of aliphatic imine (C=N–C) groups is 1. The molecule has 5 nitrogen and oxygen atoms in total. The fraction of sp³-hybridized carbons (Fsp3) is 0.778. The summed E-state index contributed by atoms with van der Waals surface area (Å²) in [5, 5.41) is 0. The van der Waals surface area contributed by atoms with E-state index in [-0.39, 0.29) is 5.84 Å². The van der Waals surface area contributed by atoms with Crippen LogP contribution in [0.5, 0.6) is 0 Å². The minimum atomic E-state index is -1.95. The molecular formula is C9H16ClF2N3O2. The summed E-state index contributed by atoms with van der Waals surface area (Å²) in [6, 6.07) is 0. The zero-order valence-corrected chi connectivity index (χ0v) is 10.4. The zero-order valence-electron chi connectivity index (χ0n) is 9.62. The van der Waals surface area contributed by atoms with Gasteiger partial charge in [-0.15, -0.1) is 0 Å². The minimum absolute atomic E-state index is 0.149. The first-order chi connectivity index (χ1) is 7.70. The average molecular weight is 272 g/mol. The fourth-order valence-corrected chi connectivity index (χ4v) is 1.23. The summed E-state index contributed by atoms with van der Waals surface area (Å²) in [5.74, 6) is -0.872. The fourth-order valence-electron chi connectivity index (χ4n) is 1.05. The molecule has 100 valence electrons. The summed E-state index contributed by atoms with van der Waals surface area (Å²) in [4.78, 5) is 14.6. The van der Waals surface area contributed by atoms with Gasteiger partial charge in [-0.3, -0.25) is 4.99 Å². The Hall–Kier alpha value is -0.950. The van der Waals surface area contributed by atoms with Crippen molar-refractivity contribution in [3.05, 3.63) is 0 Å². The minimum Gasteiger partial charge on any atom is -0.388 e. The van der Waals surface area contributed by atoms with Crippen molar-refractivity contribution < 1.29 is 17.9 Å². The van der Waals surface area contributed by atoms with E-state index in [1.54, 1.807) is 0 Å². The molecule has 0 aliphatic rings. The van der Waals surface area contributed by atoms with E-state index in [4.69, 9.17) is 23.3 Å². The second-order valence-electron chi connectivity index (χ2n) is 4.00. The van der Waals surface area contributed by atoms with Crippen molar-refractivity contribution in [1.29, 1.82) is 0 Å². The quantitative estimate of drug-likeness (QED) is 0.553. The summed E-state index contributed by atoms with van der Waals surface area (Å²) in [5.41, 5.74) is 8.93. The molecule has 0 aromatic carbocycles. The van der Waals surface area contributed by atoms with Crippen LogP contribution < -0.4 is 11.5 Å². The van der Waals surface area contributed by atoms with Crippen molar-refractivity contribution >= 4 is 23.7 Å². The van der Waals surface area contributed by atoms with Crippen LogP contribution in [0.2, 0.25) is 0 Å². The summed E-state index contributed by atoms with van der Waals surface area (Å²) in [6.07, 6.45) is -4.40. The number of carbonyl (C=O) groups excluding carboxylic acids is 1. The first kappa shape index (κ1) is 16.1. The molecule has 17 heavy (non-hydrogen) atoms. The normalized spacial score (nSPS) is 19.3. The molecule has 0 aliphatic heterocycles. The lowest BCUT2D eigenvalue weighted by Crippen LogP contribution is -2.48. The van der Waals surface area contributed by atoms with Crippen molar-refractivity contribution in [2.24, 2.45) is 16.5 Å². The van der Waals surface area contributed by atoms with Gasteiger partial charge in [-0.25, -0.2) is 13.6 Å². The van der Waals surface area contributed by atoms with Gasteiger partial charge in [0.15, 0.2) is 6.17 Å². The molecule has 0 spiro atoms. The Morgan fingerprint density at radius 2 is 2.06 bits per heavy atom. The smallest absolute Gasteiger partial charge is 0.344 e. The molecule has 3 atom stereocenters. The monoisotopic (exact) mass is 271 g/mol. The van der Waals surface area contributed by atoms with Crippen LogP contribution in [-0.2, 0) is 9.08 Å². The Labute approximate surface area is 103 Å². The predicted molar refractivity (Wildman–Crippen MR) is 61.1 cm³/mol. The van der Waals surface area contributed by atoms with E-state index in [0.29, 0.717) is 0 Å². The van der Waals surface area contributed by atoms with E-state index in [1.807, 2.05) is 0 Å². The Bertz CT molecular complexity index is 296. The van der Waals surface area contributed by atoms with E-state index in [0.717, 1.165) is 0 Å². The first-order valence-electron chi connectivity index (χ1n) is 4.87. The number of alkyl halides is 2. The molecule has 0 aromatic heterocycles. The van der Waals surface area contributed by atoms with Gasteiger partial charge in [0.25, 0.3) is 0 Å². The summed E-state index contributed by atoms with van der Waals surface area (Å²) < 4.78 is 30.6. The molecule has 0 radical (unpaired) electrons. The molecule has 0 rings (SSSR count). The van der Waals surface area contributed by atoms with E-state index >= 15 is 0 Å². The maximum absolute atomic E-state index is 13.4. The number of carbonyl (C=O) groups is 1. The topological polar surface area (TPSA) is 90.7 Å². The van der Waals surface area contributed by atoms with E-state index < -0.39 is 36.8 Å². The third kappa shape index (κ3) is 5.78. The van der Waals surface area contributed by atoms with E-state index in [2.05, 4.69) is 9.28 Å². The van der Waals surface area contributed by atoms with Crippen LogP contribution >= 0.6 is 11.9 Å². The SMILES string of the molecule is CC(N)=NC[C@H](F)[C@@H](F)C[C@](C)(N)C(=O)OCl. The number of hydrogen-bond donors (Lipinski definition) is 2. The number of halogens is 3. The van der Waals surface area contributed by atoms with E-state index in [9.17, 15) is 13.6 Å². The number of amidine groups is 1. The second-order valence-corrected chi connectivity index (χ2v) is 4.15. The molecule has 0 amide bonds. The van der Waals surface area contributed by atoms with Gasteiger partial charge in [0.1, 0.15) is 23.6 Å². The highest BCUT2D eigenvalue weighted by atomic mass is 35.5. The molecule has 0 saturated heterocycles. The van der Waals surface area contributed by atoms with Crippen LogP contribution in [-0.4, -0.2) is 36.2 Å². The molecular weight excluding hydrogens is 256 g/mol. The highest BCUT2D eigenvalue weighted by Crippen LogP contribution is 2.19. The summed E-state index contributed by atoms with van der Waals surface area (Å²) in [6.45, 7) is 2.24. The van der Waals surface area contributed by atoms with Crippen LogP contribution in [0.1, 0.15) is 20.3 Å². The molecule has 0 saturated carbocycles. The average Bonchev–Trinajstić information content (AvgIpc) is 2.23. The Balaban J connectivity index is 4.38. The van der Waals surface area contributed by atoms with Crippen molar-refractivity contribution in [3.8, 4) is 0 Å². The van der Waals surface area contributed by atoms with Gasteiger partial charge in [-0.2, -0.15) is 0 Å². The molecule has 0 fully saturated rings. The van der Waals surface area contributed by atoms with Gasteiger partial charge in [0.05, 0.1) is 12.4 Å². The Morgan fingerprint density at radius 3 is 2.47 bits per heavy atom. The lowest BCUT2D eigenvalue weighted by Gasteiger charge is -2.23. The molecule has 0 aromatic rings. The van der Waals surface area contributed by atoms with Gasteiger partial charge in [0.2, 0.25) is 0 Å². The van der Waals surface area contributed by atoms with Crippen molar-refractivity contribution in [2.45, 2.75) is 38.2 Å². The van der Waals surface area contributed by atoms with Crippen LogP contribution in [0.25, 0.3) is 0 Å². The number of rotatable bonds is 6. The highest BCUT2D eigenvalue weighted by molar-refractivity contribution is 6.14. The Kier molecular flexibility index (Phi) is 6.33. The molecule has 4 N–H and O–H groups in total.